The van der Waals surface area contributed by atoms with Crippen LogP contribution in [-0.2, 0) is 4.74 Å². The highest BCUT2D eigenvalue weighted by atomic mass is 16.5. The molecule has 0 aromatic carbocycles. The highest BCUT2D eigenvalue weighted by Gasteiger charge is 2.34. The second kappa shape index (κ2) is 5.47. The normalized spacial score (nSPS) is 27.4. The molecule has 0 unspecified atom stereocenters. The van der Waals surface area contributed by atoms with E-state index in [-0.39, 0.29) is 13.0 Å². The molecule has 0 radical (unpaired) electrons. The minimum atomic E-state index is -0.764. The van der Waals surface area contributed by atoms with Crippen molar-refractivity contribution in [2.24, 2.45) is 0 Å². The maximum Gasteiger partial charge on any atom is 0.351 e. The Morgan fingerprint density at radius 3 is 3.00 bits per heavy atom. The second-order valence-electron chi connectivity index (χ2n) is 4.15. The van der Waals surface area contributed by atoms with Gasteiger partial charge in [0.1, 0.15) is 18.1 Å². The SMILES string of the molecule is CCNc1ccn([C@H]2C[C@@H](O)[C@@H](CO)O2)c(=O)n1. The molecule has 0 spiro atoms. The average Bonchev–Trinajstić information content (AvgIpc) is 2.71. The van der Waals surface area contributed by atoms with E-state index in [1.807, 2.05) is 6.92 Å². The summed E-state index contributed by atoms with van der Waals surface area (Å²) in [6.45, 7) is 2.33. The van der Waals surface area contributed by atoms with E-state index in [4.69, 9.17) is 9.84 Å². The molecule has 0 bridgehead atoms. The van der Waals surface area contributed by atoms with Crippen LogP contribution in [0.1, 0.15) is 19.6 Å². The topological polar surface area (TPSA) is 96.6 Å². The number of aromatic nitrogens is 2. The quantitative estimate of drug-likeness (QED) is 0.659. The number of nitrogens with one attached hydrogen (secondary N) is 1. The van der Waals surface area contributed by atoms with Crippen LogP contribution in [0.4, 0.5) is 5.82 Å². The molecule has 2 heterocycles. The summed E-state index contributed by atoms with van der Waals surface area (Å²) in [5.41, 5.74) is -0.441. The Kier molecular flexibility index (Phi) is 3.95. The third kappa shape index (κ3) is 2.53. The number of nitrogens with zero attached hydrogens (tertiary/aromatic N) is 2. The zero-order chi connectivity index (χ0) is 13.1. The zero-order valence-electron chi connectivity index (χ0n) is 10.1. The van der Waals surface area contributed by atoms with Crippen LogP contribution in [0.25, 0.3) is 0 Å². The summed E-state index contributed by atoms with van der Waals surface area (Å²) >= 11 is 0. The number of hydrogen-bond acceptors (Lipinski definition) is 6. The molecule has 2 rings (SSSR count). The van der Waals surface area contributed by atoms with Crippen LogP contribution < -0.4 is 11.0 Å². The van der Waals surface area contributed by atoms with Gasteiger partial charge in [-0.2, -0.15) is 4.98 Å². The third-order valence-corrected chi connectivity index (χ3v) is 2.88. The fourth-order valence-corrected chi connectivity index (χ4v) is 1.96. The lowest BCUT2D eigenvalue weighted by Crippen LogP contribution is -2.28. The van der Waals surface area contributed by atoms with Gasteiger partial charge >= 0.3 is 5.69 Å². The van der Waals surface area contributed by atoms with E-state index in [0.29, 0.717) is 12.4 Å². The predicted molar refractivity (Wildman–Crippen MR) is 64.3 cm³/mol. The highest BCUT2D eigenvalue weighted by Crippen LogP contribution is 2.27. The molecule has 3 N–H and O–H groups in total. The monoisotopic (exact) mass is 255 g/mol. The van der Waals surface area contributed by atoms with Gasteiger partial charge in [-0.3, -0.25) is 4.57 Å². The van der Waals surface area contributed by atoms with Gasteiger partial charge in [0.2, 0.25) is 0 Å². The predicted octanol–water partition coefficient (Wildman–Crippen LogP) is -0.684. The summed E-state index contributed by atoms with van der Waals surface area (Å²) < 4.78 is 6.71. The van der Waals surface area contributed by atoms with Crippen molar-refractivity contribution in [3.63, 3.8) is 0 Å². The molecule has 18 heavy (non-hydrogen) atoms. The van der Waals surface area contributed by atoms with Crippen LogP contribution >= 0.6 is 0 Å². The molecule has 100 valence electrons. The number of anilines is 1. The lowest BCUT2D eigenvalue weighted by atomic mass is 10.2. The molecular formula is C11H17N3O4. The molecule has 3 atom stereocenters. The number of ether oxygens (including phenoxy) is 1. The lowest BCUT2D eigenvalue weighted by molar-refractivity contribution is -0.0458. The minimum absolute atomic E-state index is 0.269. The fourth-order valence-electron chi connectivity index (χ4n) is 1.96. The van der Waals surface area contributed by atoms with Crippen LogP contribution in [0.15, 0.2) is 17.1 Å². The molecule has 0 saturated carbocycles. The second-order valence-corrected chi connectivity index (χ2v) is 4.15. The highest BCUT2D eigenvalue weighted by molar-refractivity contribution is 5.31. The van der Waals surface area contributed by atoms with Crippen LogP contribution in [0, 0.1) is 0 Å². The molecule has 1 fully saturated rings. The number of hydrogen-bond donors (Lipinski definition) is 3. The first-order chi connectivity index (χ1) is 8.65. The Balaban J connectivity index is 2.17. The van der Waals surface area contributed by atoms with Crippen LogP contribution in [-0.4, -0.2) is 45.1 Å². The smallest absolute Gasteiger partial charge is 0.351 e. The maximum atomic E-state index is 11.8. The third-order valence-electron chi connectivity index (χ3n) is 2.88. The van der Waals surface area contributed by atoms with Gasteiger partial charge < -0.3 is 20.3 Å². The van der Waals surface area contributed by atoms with Crippen molar-refractivity contribution >= 4 is 5.82 Å². The number of rotatable bonds is 4. The van der Waals surface area contributed by atoms with E-state index in [1.165, 1.54) is 4.57 Å². The molecule has 1 saturated heterocycles. The Labute approximate surface area is 104 Å². The molecule has 1 aromatic heterocycles. The first kappa shape index (κ1) is 13.0. The van der Waals surface area contributed by atoms with Crippen molar-refractivity contribution in [3.05, 3.63) is 22.7 Å². The van der Waals surface area contributed by atoms with Gasteiger partial charge in [0, 0.05) is 19.2 Å². The molecule has 0 amide bonds. The van der Waals surface area contributed by atoms with Crippen LogP contribution in [0.3, 0.4) is 0 Å². The van der Waals surface area contributed by atoms with Crippen molar-refractivity contribution in [2.75, 3.05) is 18.5 Å². The van der Waals surface area contributed by atoms with E-state index in [1.54, 1.807) is 12.3 Å². The number of aliphatic hydroxyl groups excluding tert-OH is 2. The van der Waals surface area contributed by atoms with E-state index in [2.05, 4.69) is 10.3 Å². The largest absolute Gasteiger partial charge is 0.394 e. The molecule has 1 aliphatic rings. The first-order valence-electron chi connectivity index (χ1n) is 5.93. The molecule has 0 aliphatic carbocycles. The van der Waals surface area contributed by atoms with E-state index < -0.39 is 24.1 Å². The van der Waals surface area contributed by atoms with Gasteiger partial charge in [-0.15, -0.1) is 0 Å². The maximum absolute atomic E-state index is 11.8. The minimum Gasteiger partial charge on any atom is -0.394 e. The molecule has 7 heteroatoms. The van der Waals surface area contributed by atoms with Gasteiger partial charge in [0.25, 0.3) is 0 Å². The van der Waals surface area contributed by atoms with Crippen molar-refractivity contribution in [2.45, 2.75) is 31.8 Å². The van der Waals surface area contributed by atoms with E-state index in [0.717, 1.165) is 0 Å². The van der Waals surface area contributed by atoms with E-state index >= 15 is 0 Å². The van der Waals surface area contributed by atoms with Crippen molar-refractivity contribution in [1.29, 1.82) is 0 Å². The van der Waals surface area contributed by atoms with Gasteiger partial charge in [-0.25, -0.2) is 4.79 Å². The summed E-state index contributed by atoms with van der Waals surface area (Å²) in [6.07, 6.45) is -0.138. The van der Waals surface area contributed by atoms with Gasteiger partial charge in [-0.05, 0) is 13.0 Å². The molecule has 1 aliphatic heterocycles. The zero-order valence-corrected chi connectivity index (χ0v) is 10.1. The molecular weight excluding hydrogens is 238 g/mol. The van der Waals surface area contributed by atoms with Crippen molar-refractivity contribution in [3.8, 4) is 0 Å². The summed E-state index contributed by atoms with van der Waals surface area (Å²) in [5.74, 6) is 0.510. The first-order valence-corrected chi connectivity index (χ1v) is 5.93. The van der Waals surface area contributed by atoms with Gasteiger partial charge in [0.05, 0.1) is 12.7 Å². The fraction of sp³-hybridized carbons (Fsp3) is 0.636. The number of aliphatic hydroxyl groups is 2. The summed E-state index contributed by atoms with van der Waals surface area (Å²) in [4.78, 5) is 15.6. The molecule has 7 nitrogen and oxygen atoms in total. The summed E-state index contributed by atoms with van der Waals surface area (Å²) in [6, 6.07) is 1.67. The van der Waals surface area contributed by atoms with Crippen molar-refractivity contribution < 1.29 is 14.9 Å². The van der Waals surface area contributed by atoms with Gasteiger partial charge in [0.15, 0.2) is 0 Å². The van der Waals surface area contributed by atoms with E-state index in [9.17, 15) is 9.90 Å². The summed E-state index contributed by atoms with van der Waals surface area (Å²) in [7, 11) is 0. The molecule has 1 aromatic rings. The Bertz CT molecular complexity index is 462. The van der Waals surface area contributed by atoms with Crippen molar-refractivity contribution in [1.82, 2.24) is 9.55 Å². The van der Waals surface area contributed by atoms with Crippen LogP contribution in [0.2, 0.25) is 0 Å². The lowest BCUT2D eigenvalue weighted by Gasteiger charge is -2.14. The van der Waals surface area contributed by atoms with Gasteiger partial charge in [-0.1, -0.05) is 0 Å². The summed E-state index contributed by atoms with van der Waals surface area (Å²) in [5, 5.41) is 21.5. The average molecular weight is 255 g/mol. The Morgan fingerprint density at radius 1 is 1.67 bits per heavy atom. The van der Waals surface area contributed by atoms with Crippen LogP contribution in [0.5, 0.6) is 0 Å². The Morgan fingerprint density at radius 2 is 2.44 bits per heavy atom. The Hall–Kier alpha value is -1.44. The standard InChI is InChI=1S/C11H17N3O4/c1-2-12-9-3-4-14(11(17)13-9)10-5-7(16)8(6-15)18-10/h3-4,7-8,10,15-16H,2,5-6H2,1H3,(H,12,13,17)/t7-,8-,10-/m1/s1.